The Kier molecular flexibility index (Phi) is 26.8. The predicted octanol–water partition coefficient (Wildman–Crippen LogP) is 3.86. The van der Waals surface area contributed by atoms with Crippen LogP contribution in [-0.4, -0.2) is 210 Å². The normalized spacial score (nSPS) is 18.0. The summed E-state index contributed by atoms with van der Waals surface area (Å²) < 4.78 is 0. The SMILES string of the molecule is CN1C(=O)N(C(=O)CCc2ccccc2)C[C@H]1C(=O)O.CN1C(=O)N(C(=O)CCc2ccccc2)C[C@H]1C(=O)O.CN1C(=O)N(C(=O)CCc2ccccc2)C[C@H]1C(=O)O.CN1C(=O)N(C(=O)CCc2ccccc2)C[C@H]1C(=O)O.[Rh].[Rh]. The molecular weight excluding hydrogens is 1250 g/mol. The maximum absolute atomic E-state index is 12.0. The molecule has 4 aromatic rings. The summed E-state index contributed by atoms with van der Waals surface area (Å²) >= 11 is 0. The van der Waals surface area contributed by atoms with Gasteiger partial charge < -0.3 is 40.0 Å². The van der Waals surface area contributed by atoms with Crippen LogP contribution in [-0.2, 0) is 103 Å². The first-order chi connectivity index (χ1) is 38.0. The Labute approximate surface area is 498 Å². The molecule has 0 aromatic heterocycles. The second-order valence-electron chi connectivity index (χ2n) is 18.9. The van der Waals surface area contributed by atoms with Crippen molar-refractivity contribution in [1.82, 2.24) is 39.2 Å². The second-order valence-corrected chi connectivity index (χ2v) is 18.9. The van der Waals surface area contributed by atoms with Crippen LogP contribution in [0.3, 0.4) is 0 Å². The minimum absolute atomic E-state index is 0. The van der Waals surface area contributed by atoms with Gasteiger partial charge in [0.25, 0.3) is 0 Å². The van der Waals surface area contributed by atoms with E-state index in [-0.39, 0.29) is 114 Å². The van der Waals surface area contributed by atoms with Gasteiger partial charge in [0.2, 0.25) is 23.6 Å². The van der Waals surface area contributed by atoms with Crippen molar-refractivity contribution in [2.75, 3.05) is 54.4 Å². The van der Waals surface area contributed by atoms with E-state index in [4.69, 9.17) is 20.4 Å². The summed E-state index contributed by atoms with van der Waals surface area (Å²) in [5.41, 5.74) is 4.04. The molecule has 82 heavy (non-hydrogen) atoms. The van der Waals surface area contributed by atoms with Crippen molar-refractivity contribution >= 4 is 71.6 Å². The molecular formula is C56H64N8O16Rh2. The fourth-order valence-electron chi connectivity index (χ4n) is 8.72. The first-order valence-corrected chi connectivity index (χ1v) is 25.4. The van der Waals surface area contributed by atoms with Crippen LogP contribution in [0.5, 0.6) is 0 Å². The Morgan fingerprint density at radius 1 is 0.329 bits per heavy atom. The number of aliphatic carboxylic acids is 4. The number of benzene rings is 4. The molecule has 0 unspecified atom stereocenters. The van der Waals surface area contributed by atoms with Crippen LogP contribution in [0.1, 0.15) is 47.9 Å². The molecule has 4 N–H and O–H groups in total. The van der Waals surface area contributed by atoms with Crippen LogP contribution < -0.4 is 0 Å². The molecule has 24 nitrogen and oxygen atoms in total. The van der Waals surface area contributed by atoms with Crippen molar-refractivity contribution in [3.05, 3.63) is 144 Å². The minimum Gasteiger partial charge on any atom is -0.480 e. The average molecular weight is 1310 g/mol. The Morgan fingerprint density at radius 3 is 0.622 bits per heavy atom. The Bertz CT molecular complexity index is 2520. The third-order valence-corrected chi connectivity index (χ3v) is 13.6. The van der Waals surface area contributed by atoms with E-state index >= 15 is 0 Å². The van der Waals surface area contributed by atoms with E-state index in [0.717, 1.165) is 61.5 Å². The number of nitrogens with zero attached hydrogens (tertiary/aromatic N) is 8. The van der Waals surface area contributed by atoms with E-state index in [1.54, 1.807) is 0 Å². The minimum atomic E-state index is -1.10. The van der Waals surface area contributed by atoms with Gasteiger partial charge in [-0.3, -0.25) is 38.8 Å². The molecule has 2 radical (unpaired) electrons. The van der Waals surface area contributed by atoms with Crippen LogP contribution in [0, 0.1) is 0 Å². The molecule has 0 bridgehead atoms. The zero-order chi connectivity index (χ0) is 58.8. The van der Waals surface area contributed by atoms with Gasteiger partial charge >= 0.3 is 48.0 Å². The van der Waals surface area contributed by atoms with Gasteiger partial charge in [-0.15, -0.1) is 0 Å². The topological polar surface area (TPSA) is 312 Å². The van der Waals surface area contributed by atoms with E-state index < -0.39 is 72.2 Å². The van der Waals surface area contributed by atoms with Gasteiger partial charge in [-0.05, 0) is 47.9 Å². The first-order valence-electron chi connectivity index (χ1n) is 25.4. The van der Waals surface area contributed by atoms with E-state index in [0.29, 0.717) is 25.7 Å². The van der Waals surface area contributed by atoms with Crippen LogP contribution in [0.15, 0.2) is 121 Å². The van der Waals surface area contributed by atoms with Crippen molar-refractivity contribution in [1.29, 1.82) is 0 Å². The molecule has 12 amide bonds. The standard InChI is InChI=1S/4C14H16N2O4.2Rh/c4*1-15-11(13(18)19)9-16(14(15)20)12(17)8-7-10-5-3-2-4-6-10;;/h4*2-6,11H,7-9H2,1H3,(H,18,19);;/t4*11-;;/m0000../s1. The number of carbonyl (C=O) groups is 12. The molecule has 4 heterocycles. The number of hydrogen-bond donors (Lipinski definition) is 4. The largest absolute Gasteiger partial charge is 0.480 e. The van der Waals surface area contributed by atoms with E-state index in [9.17, 15) is 57.5 Å². The van der Waals surface area contributed by atoms with E-state index in [1.165, 1.54) is 28.2 Å². The molecule has 0 aliphatic carbocycles. The molecule has 0 saturated carbocycles. The van der Waals surface area contributed by atoms with Crippen LogP contribution in [0.4, 0.5) is 19.2 Å². The number of urea groups is 4. The molecule has 4 atom stereocenters. The van der Waals surface area contributed by atoms with E-state index in [2.05, 4.69) is 0 Å². The summed E-state index contributed by atoms with van der Waals surface area (Å²) in [5.74, 6) is -5.75. The molecule has 0 spiro atoms. The van der Waals surface area contributed by atoms with Gasteiger partial charge in [-0.1, -0.05) is 121 Å². The number of carbonyl (C=O) groups excluding carboxylic acids is 8. The summed E-state index contributed by atoms with van der Waals surface area (Å²) in [7, 11) is 5.58. The maximum Gasteiger partial charge on any atom is 0.328 e. The third kappa shape index (κ3) is 18.4. The summed E-state index contributed by atoms with van der Waals surface area (Å²) in [6, 6.07) is 31.9. The Balaban J connectivity index is 0.000000285. The van der Waals surface area contributed by atoms with Gasteiger partial charge in [0.15, 0.2) is 0 Å². The fourth-order valence-corrected chi connectivity index (χ4v) is 8.72. The molecule has 442 valence electrons. The smallest absolute Gasteiger partial charge is 0.328 e. The number of aryl methyl sites for hydroxylation is 4. The molecule has 4 aromatic carbocycles. The van der Waals surface area contributed by atoms with Crippen molar-refractivity contribution in [3.8, 4) is 0 Å². The van der Waals surface area contributed by atoms with Gasteiger partial charge in [0.05, 0.1) is 26.2 Å². The number of imide groups is 4. The van der Waals surface area contributed by atoms with Crippen LogP contribution >= 0.6 is 0 Å². The summed E-state index contributed by atoms with van der Waals surface area (Å²) in [6.45, 7) is -0.340. The van der Waals surface area contributed by atoms with Gasteiger partial charge in [-0.25, -0.2) is 38.4 Å². The molecule has 4 aliphatic rings. The molecule has 26 heteroatoms. The first kappa shape index (κ1) is 68.0. The predicted molar refractivity (Wildman–Crippen MR) is 284 cm³/mol. The Morgan fingerprint density at radius 2 is 0.488 bits per heavy atom. The number of likely N-dealkylation sites (N-methyl/N-ethyl adjacent to an activating group) is 4. The number of carboxylic acids is 4. The zero-order valence-corrected chi connectivity index (χ0v) is 48.6. The monoisotopic (exact) mass is 1310 g/mol. The average Bonchev–Trinajstić information content (AvgIpc) is 4.15. The third-order valence-electron chi connectivity index (χ3n) is 13.6. The van der Waals surface area contributed by atoms with Crippen molar-refractivity contribution in [2.45, 2.75) is 75.5 Å². The Hall–Kier alpha value is -8.23. The number of amides is 12. The number of rotatable bonds is 16. The second kappa shape index (κ2) is 32.3. The van der Waals surface area contributed by atoms with Gasteiger partial charge in [0, 0.05) is 92.8 Å². The summed E-state index contributed by atoms with van der Waals surface area (Å²) in [6.07, 6.45) is 2.89. The van der Waals surface area contributed by atoms with Gasteiger partial charge in [-0.2, -0.15) is 0 Å². The number of carboxylic acid groups (broad SMARTS) is 4. The maximum atomic E-state index is 12.0. The fraction of sp³-hybridized carbons (Fsp3) is 0.357. The van der Waals surface area contributed by atoms with Crippen LogP contribution in [0.2, 0.25) is 0 Å². The zero-order valence-electron chi connectivity index (χ0n) is 45.3. The molecule has 8 rings (SSSR count). The van der Waals surface area contributed by atoms with E-state index in [1.807, 2.05) is 121 Å². The quantitative estimate of drug-likeness (QED) is 0.116. The summed E-state index contributed by atoms with van der Waals surface area (Å²) in [4.78, 5) is 148. The molecule has 4 saturated heterocycles. The van der Waals surface area contributed by atoms with Crippen LogP contribution in [0.25, 0.3) is 0 Å². The van der Waals surface area contributed by atoms with Crippen molar-refractivity contribution < 1.29 is 117 Å². The number of hydrogen-bond acceptors (Lipinski definition) is 12. The summed E-state index contributed by atoms with van der Waals surface area (Å²) in [5, 5.41) is 35.9. The van der Waals surface area contributed by atoms with Crippen molar-refractivity contribution in [2.24, 2.45) is 0 Å². The molecule has 4 aliphatic heterocycles. The van der Waals surface area contributed by atoms with Crippen molar-refractivity contribution in [3.63, 3.8) is 0 Å². The van der Waals surface area contributed by atoms with Gasteiger partial charge in [0.1, 0.15) is 24.2 Å². The molecule has 4 fully saturated rings.